The molecular weight excluding hydrogens is 402 g/mol. The molecule has 0 atom stereocenters. The van der Waals surface area contributed by atoms with Gasteiger partial charge in [0, 0.05) is 44.6 Å². The maximum atomic E-state index is 9.55. The van der Waals surface area contributed by atoms with Gasteiger partial charge in [0.2, 0.25) is 5.95 Å². The van der Waals surface area contributed by atoms with Gasteiger partial charge >= 0.3 is 0 Å². The second kappa shape index (κ2) is 7.63. The molecule has 2 aliphatic rings. The first-order valence-electron chi connectivity index (χ1n) is 10.0. The average Bonchev–Trinajstić information content (AvgIpc) is 3.43. The number of likely N-dealkylation sites (N-methyl/N-ethyl adjacent to an activating group) is 1. The van der Waals surface area contributed by atoms with E-state index in [1.54, 1.807) is 23.0 Å². The molecule has 2 aromatic heterocycles. The third-order valence-corrected chi connectivity index (χ3v) is 5.84. The van der Waals surface area contributed by atoms with E-state index < -0.39 is 0 Å². The van der Waals surface area contributed by atoms with E-state index in [4.69, 9.17) is 11.6 Å². The summed E-state index contributed by atoms with van der Waals surface area (Å²) in [6.45, 7) is 3.62. The molecule has 0 amide bonds. The predicted octanol–water partition coefficient (Wildman–Crippen LogP) is 2.72. The Morgan fingerprint density at radius 3 is 2.73 bits per heavy atom. The highest BCUT2D eigenvalue weighted by Crippen LogP contribution is 2.36. The lowest BCUT2D eigenvalue weighted by atomic mass is 10.1. The largest absolute Gasteiger partial charge is 0.368 e. The van der Waals surface area contributed by atoms with Crippen LogP contribution in [-0.4, -0.2) is 63.8 Å². The number of piperazine rings is 1. The van der Waals surface area contributed by atoms with Crippen LogP contribution >= 0.6 is 11.6 Å². The molecule has 0 unspecified atom stereocenters. The van der Waals surface area contributed by atoms with E-state index in [2.05, 4.69) is 48.6 Å². The number of nitrogens with one attached hydrogen (secondary N) is 2. The van der Waals surface area contributed by atoms with Gasteiger partial charge in [0.25, 0.3) is 0 Å². The number of fused-ring (bicyclic) bond motifs is 1. The van der Waals surface area contributed by atoms with Gasteiger partial charge < -0.3 is 20.4 Å². The van der Waals surface area contributed by atoms with Crippen LogP contribution in [-0.2, 0) is 0 Å². The molecule has 5 rings (SSSR count). The first-order chi connectivity index (χ1) is 14.6. The van der Waals surface area contributed by atoms with Crippen molar-refractivity contribution in [3.8, 4) is 6.07 Å². The van der Waals surface area contributed by atoms with Gasteiger partial charge in [-0.1, -0.05) is 11.6 Å². The molecule has 154 valence electrons. The summed E-state index contributed by atoms with van der Waals surface area (Å²) in [4.78, 5) is 13.5. The normalized spacial score (nSPS) is 17.2. The fraction of sp³-hybridized carbons (Fsp3) is 0.400. The van der Waals surface area contributed by atoms with E-state index >= 15 is 0 Å². The smallest absolute Gasteiger partial charge is 0.247 e. The Morgan fingerprint density at radius 2 is 2.00 bits per heavy atom. The highest BCUT2D eigenvalue weighted by Gasteiger charge is 2.24. The van der Waals surface area contributed by atoms with Crippen LogP contribution in [0.1, 0.15) is 18.4 Å². The van der Waals surface area contributed by atoms with Crippen LogP contribution in [0.25, 0.3) is 5.65 Å². The summed E-state index contributed by atoms with van der Waals surface area (Å²) < 4.78 is 1.68. The van der Waals surface area contributed by atoms with Gasteiger partial charge in [0.15, 0.2) is 11.5 Å². The molecular formula is C20H22ClN9. The van der Waals surface area contributed by atoms with Gasteiger partial charge in [-0.05, 0) is 32.0 Å². The Labute approximate surface area is 179 Å². The number of imidazole rings is 1. The van der Waals surface area contributed by atoms with Crippen molar-refractivity contribution in [2.45, 2.75) is 18.9 Å². The Morgan fingerprint density at radius 1 is 1.20 bits per heavy atom. The second-order valence-corrected chi connectivity index (χ2v) is 8.16. The summed E-state index contributed by atoms with van der Waals surface area (Å²) in [6, 6.07) is 6.25. The molecule has 0 spiro atoms. The fourth-order valence-corrected chi connectivity index (χ4v) is 3.84. The molecule has 0 radical (unpaired) electrons. The summed E-state index contributed by atoms with van der Waals surface area (Å²) in [5, 5.41) is 21.2. The Bertz CT molecular complexity index is 1120. The number of nitrogens with zero attached hydrogens (tertiary/aromatic N) is 7. The molecule has 3 aromatic rings. The molecule has 2 fully saturated rings. The zero-order valence-corrected chi connectivity index (χ0v) is 17.4. The number of hydrogen-bond acceptors (Lipinski definition) is 8. The summed E-state index contributed by atoms with van der Waals surface area (Å²) in [6.07, 6.45) is 5.73. The fourth-order valence-electron chi connectivity index (χ4n) is 3.56. The molecule has 30 heavy (non-hydrogen) atoms. The first-order valence-corrected chi connectivity index (χ1v) is 10.4. The van der Waals surface area contributed by atoms with Gasteiger partial charge in [-0.25, -0.2) is 9.50 Å². The molecule has 2 N–H and O–H groups in total. The first kappa shape index (κ1) is 18.9. The number of hydrogen-bond donors (Lipinski definition) is 2. The number of anilines is 4. The molecule has 1 aliphatic carbocycles. The van der Waals surface area contributed by atoms with Gasteiger partial charge in [-0.15, -0.1) is 5.10 Å². The SMILES string of the molecule is CN1CCN(c2cc(C#N)cc(Nc3nc(NC4CC4)c4nccn4n3)c2Cl)CC1. The Balaban J connectivity index is 1.50. The van der Waals surface area contributed by atoms with Crippen LogP contribution in [0.4, 0.5) is 23.1 Å². The lowest BCUT2D eigenvalue weighted by molar-refractivity contribution is 0.313. The van der Waals surface area contributed by atoms with Gasteiger partial charge in [-0.3, -0.25) is 0 Å². The third-order valence-electron chi connectivity index (χ3n) is 5.44. The van der Waals surface area contributed by atoms with Crippen molar-refractivity contribution in [1.29, 1.82) is 5.26 Å². The number of rotatable bonds is 5. The topological polar surface area (TPSA) is 97.4 Å². The third kappa shape index (κ3) is 3.72. The summed E-state index contributed by atoms with van der Waals surface area (Å²) >= 11 is 6.77. The summed E-state index contributed by atoms with van der Waals surface area (Å²) in [5.74, 6) is 1.08. The van der Waals surface area contributed by atoms with E-state index in [1.165, 1.54) is 0 Å². The van der Waals surface area contributed by atoms with Crippen molar-refractivity contribution >= 4 is 40.4 Å². The molecule has 1 saturated carbocycles. The second-order valence-electron chi connectivity index (χ2n) is 7.78. The lowest BCUT2D eigenvalue weighted by Gasteiger charge is -2.35. The highest BCUT2D eigenvalue weighted by molar-refractivity contribution is 6.36. The highest BCUT2D eigenvalue weighted by atomic mass is 35.5. The van der Waals surface area contributed by atoms with Crippen molar-refractivity contribution < 1.29 is 0 Å². The van der Waals surface area contributed by atoms with Crippen molar-refractivity contribution in [3.63, 3.8) is 0 Å². The van der Waals surface area contributed by atoms with E-state index in [0.717, 1.165) is 44.7 Å². The van der Waals surface area contributed by atoms with E-state index in [9.17, 15) is 5.26 Å². The van der Waals surface area contributed by atoms with E-state index in [0.29, 0.717) is 39.7 Å². The van der Waals surface area contributed by atoms with Gasteiger partial charge in [-0.2, -0.15) is 10.2 Å². The zero-order chi connectivity index (χ0) is 20.7. The van der Waals surface area contributed by atoms with E-state index in [1.807, 2.05) is 6.07 Å². The number of nitriles is 1. The van der Waals surface area contributed by atoms with Crippen molar-refractivity contribution in [2.75, 3.05) is 48.8 Å². The molecule has 1 saturated heterocycles. The minimum Gasteiger partial charge on any atom is -0.368 e. The molecule has 1 aromatic carbocycles. The summed E-state index contributed by atoms with van der Waals surface area (Å²) in [7, 11) is 2.11. The molecule has 0 bridgehead atoms. The quantitative estimate of drug-likeness (QED) is 0.646. The summed E-state index contributed by atoms with van der Waals surface area (Å²) in [5.41, 5.74) is 2.69. The van der Waals surface area contributed by atoms with Crippen molar-refractivity contribution in [2.24, 2.45) is 0 Å². The molecule has 9 nitrogen and oxygen atoms in total. The van der Waals surface area contributed by atoms with Crippen LogP contribution in [0.2, 0.25) is 5.02 Å². The maximum Gasteiger partial charge on any atom is 0.247 e. The van der Waals surface area contributed by atoms with Crippen molar-refractivity contribution in [3.05, 3.63) is 35.1 Å². The number of aromatic nitrogens is 4. The molecule has 3 heterocycles. The van der Waals surface area contributed by atoms with Crippen LogP contribution in [0.5, 0.6) is 0 Å². The van der Waals surface area contributed by atoms with Crippen LogP contribution in [0, 0.1) is 11.3 Å². The minimum atomic E-state index is 0.393. The van der Waals surface area contributed by atoms with Crippen LogP contribution < -0.4 is 15.5 Å². The monoisotopic (exact) mass is 423 g/mol. The molecule has 10 heteroatoms. The lowest BCUT2D eigenvalue weighted by Crippen LogP contribution is -2.44. The van der Waals surface area contributed by atoms with Crippen LogP contribution in [0.3, 0.4) is 0 Å². The predicted molar refractivity (Wildman–Crippen MR) is 117 cm³/mol. The number of benzene rings is 1. The Kier molecular flexibility index (Phi) is 4.81. The standard InChI is InChI=1S/C20H22ClN9/c1-28-6-8-29(9-7-28)16-11-13(12-22)10-15(17(16)21)25-20-26-18(24-14-2-3-14)19-23-4-5-30(19)27-20/h4-5,10-11,14H,2-3,6-9H2,1H3,(H2,24,25,26,27). The van der Waals surface area contributed by atoms with Gasteiger partial charge in [0.05, 0.1) is 28.0 Å². The van der Waals surface area contributed by atoms with Gasteiger partial charge in [0.1, 0.15) is 0 Å². The molecule has 1 aliphatic heterocycles. The maximum absolute atomic E-state index is 9.55. The zero-order valence-electron chi connectivity index (χ0n) is 16.6. The van der Waals surface area contributed by atoms with Crippen LogP contribution in [0.15, 0.2) is 24.5 Å². The van der Waals surface area contributed by atoms with E-state index in [-0.39, 0.29) is 0 Å². The Hall–Kier alpha value is -3.09. The van der Waals surface area contributed by atoms with Crippen molar-refractivity contribution in [1.82, 2.24) is 24.5 Å². The minimum absolute atomic E-state index is 0.393. The number of halogens is 1. The average molecular weight is 424 g/mol.